The number of H-pyrrole nitrogens is 1. The minimum atomic E-state index is -5.71. The van der Waals surface area contributed by atoms with E-state index >= 15 is 0 Å². The molecular weight excluding hydrogens is 688 g/mol. The fourth-order valence-electron chi connectivity index (χ4n) is 7.12. The molecule has 1 saturated heterocycles. The van der Waals surface area contributed by atoms with Crippen molar-refractivity contribution < 1.29 is 60.5 Å². The van der Waals surface area contributed by atoms with E-state index in [2.05, 4.69) is 27.5 Å². The van der Waals surface area contributed by atoms with Crippen LogP contribution in [0.15, 0.2) is 15.8 Å². The average Bonchev–Trinajstić information content (AvgIpc) is 3.48. The second-order valence-corrected chi connectivity index (χ2v) is 19.6. The molecule has 0 spiro atoms. The van der Waals surface area contributed by atoms with Crippen molar-refractivity contribution in [1.29, 1.82) is 0 Å². The molecule has 7 rings (SSSR count). The summed E-state index contributed by atoms with van der Waals surface area (Å²) in [5.41, 5.74) is -1.11. The highest BCUT2D eigenvalue weighted by molar-refractivity contribution is 8.77. The lowest BCUT2D eigenvalue weighted by Crippen LogP contribution is -2.33. The van der Waals surface area contributed by atoms with E-state index in [1.807, 2.05) is 0 Å². The van der Waals surface area contributed by atoms with Crippen LogP contribution in [0.5, 0.6) is 0 Å². The molecule has 1 aromatic rings. The Morgan fingerprint density at radius 1 is 1.05 bits per heavy atom. The van der Waals surface area contributed by atoms with Crippen molar-refractivity contribution in [2.24, 2.45) is 35.5 Å². The molecule has 246 valence electrons. The van der Waals surface area contributed by atoms with Crippen LogP contribution in [0.2, 0.25) is 0 Å². The molecule has 3 unspecified atom stereocenters. The Bertz CT molecular complexity index is 1530. The minimum Gasteiger partial charge on any atom is -0.435 e. The van der Waals surface area contributed by atoms with Crippen molar-refractivity contribution >= 4 is 52.5 Å². The van der Waals surface area contributed by atoms with E-state index in [0.29, 0.717) is 13.6 Å². The highest BCUT2D eigenvalue weighted by Gasteiger charge is 2.92. The Kier molecular flexibility index (Phi) is 8.95. The first-order chi connectivity index (χ1) is 20.4. The Hall–Kier alpha value is -0.265. The van der Waals surface area contributed by atoms with Crippen molar-refractivity contribution in [3.8, 4) is 0 Å². The molecule has 5 aliphatic carbocycles. The Morgan fingerprint density at radius 3 is 2.30 bits per heavy atom. The van der Waals surface area contributed by atoms with Gasteiger partial charge in [0.05, 0.1) is 12.7 Å². The molecule has 6 fully saturated rings. The average molecular weight is 720 g/mol. The molecule has 0 radical (unpaired) electrons. The van der Waals surface area contributed by atoms with E-state index in [4.69, 9.17) is 28.4 Å². The zero-order chi connectivity index (χ0) is 32.0. The van der Waals surface area contributed by atoms with Gasteiger partial charge in [0.1, 0.15) is 18.3 Å². The zero-order valence-electron chi connectivity index (χ0n) is 23.6. The number of rotatable bonds is 16. The summed E-state index contributed by atoms with van der Waals surface area (Å²) >= 11 is 0. The van der Waals surface area contributed by atoms with Crippen LogP contribution in [0, 0.1) is 42.4 Å². The molecule has 5 atom stereocenters. The Balaban J connectivity index is 1.04. The van der Waals surface area contributed by atoms with E-state index in [-0.39, 0.29) is 22.6 Å². The molecular formula is C21H32BN2O15P3S2. The van der Waals surface area contributed by atoms with Crippen molar-refractivity contribution in [2.75, 3.05) is 12.5 Å². The smallest absolute Gasteiger partial charge is 0.435 e. The SMILES string of the molecule is Cc1cn([C@H]2C[C@@H](OCSSC(C)(C)BOC3C4C5C4C4C3C54)C(COP(=O)(O)OP(=O)(O)OP(=O)(O)O)O2)c(=O)[nH]c1=O. The first-order valence-corrected chi connectivity index (χ1v) is 20.5. The van der Waals surface area contributed by atoms with Crippen molar-refractivity contribution in [1.82, 2.24) is 9.55 Å². The largest absolute Gasteiger partial charge is 0.490 e. The molecule has 2 bridgehead atoms. The fourth-order valence-corrected chi connectivity index (χ4v) is 12.3. The maximum Gasteiger partial charge on any atom is 0.490 e. The van der Waals surface area contributed by atoms with Gasteiger partial charge in [-0.3, -0.25) is 18.9 Å². The molecule has 5 saturated carbocycles. The van der Waals surface area contributed by atoms with Gasteiger partial charge in [-0.1, -0.05) is 35.4 Å². The van der Waals surface area contributed by atoms with Gasteiger partial charge in [0.15, 0.2) is 0 Å². The predicted octanol–water partition coefficient (Wildman–Crippen LogP) is 1.42. The van der Waals surface area contributed by atoms with Crippen LogP contribution >= 0.6 is 45.1 Å². The third-order valence-corrected chi connectivity index (χ3v) is 15.4. The standard InChI is InChI=1S/C21H32BN2O15P3S2/c1-8-5-24(20(26)23-19(8)25)11-4-9(10(36-11)6-35-41(30,31)39-42(32,33)38-40(27,28)29)34-7-43-44-21(2,3)22-37-18-16-12-13(16)15-14(12)17(15)18/h5,9-18,22H,4,6-7H2,1-3H3,(H,30,31)(H,32,33)(H,23,25,26)(H2,27,28,29)/t9-,10?,11-,12?,13?,14?,15?,16?,17?,18?/m1/s1. The van der Waals surface area contributed by atoms with Crippen LogP contribution < -0.4 is 11.2 Å². The lowest BCUT2D eigenvalue weighted by Gasteiger charge is -2.25. The van der Waals surface area contributed by atoms with Gasteiger partial charge in [0.25, 0.3) is 13.0 Å². The van der Waals surface area contributed by atoms with Gasteiger partial charge in [0.2, 0.25) is 0 Å². The number of aromatic amines is 1. The third kappa shape index (κ3) is 6.96. The highest BCUT2D eigenvalue weighted by atomic mass is 33.1. The summed E-state index contributed by atoms with van der Waals surface area (Å²) in [5.74, 6) is 5.36. The number of ether oxygens (including phenoxy) is 2. The molecule has 0 aromatic carbocycles. The second-order valence-electron chi connectivity index (χ2n) is 12.3. The number of hydrogen-bond donors (Lipinski definition) is 5. The van der Waals surface area contributed by atoms with Gasteiger partial charge in [-0.15, -0.1) is 0 Å². The molecule has 44 heavy (non-hydrogen) atoms. The van der Waals surface area contributed by atoms with E-state index in [9.17, 15) is 33.1 Å². The number of aryl methyl sites for hydroxylation is 1. The molecule has 1 aromatic heterocycles. The lowest BCUT2D eigenvalue weighted by molar-refractivity contribution is -0.0543. The summed E-state index contributed by atoms with van der Waals surface area (Å²) in [6.07, 6.45) is -1.18. The Morgan fingerprint density at radius 2 is 1.68 bits per heavy atom. The maximum atomic E-state index is 12.5. The van der Waals surface area contributed by atoms with Gasteiger partial charge in [-0.25, -0.2) is 18.5 Å². The van der Waals surface area contributed by atoms with Crippen LogP contribution in [0.4, 0.5) is 0 Å². The zero-order valence-corrected chi connectivity index (χ0v) is 27.9. The minimum absolute atomic E-state index is 0.0582. The van der Waals surface area contributed by atoms with Crippen LogP contribution in [0.3, 0.4) is 0 Å². The number of hydrogen-bond acceptors (Lipinski definition) is 13. The lowest BCUT2D eigenvalue weighted by atomic mass is 9.82. The fraction of sp³-hybridized carbons (Fsp3) is 0.810. The van der Waals surface area contributed by atoms with Gasteiger partial charge < -0.3 is 33.7 Å². The highest BCUT2D eigenvalue weighted by Crippen LogP contribution is 2.92. The predicted molar refractivity (Wildman–Crippen MR) is 156 cm³/mol. The summed E-state index contributed by atoms with van der Waals surface area (Å²) in [4.78, 5) is 63.2. The molecule has 23 heteroatoms. The van der Waals surface area contributed by atoms with E-state index in [1.54, 1.807) is 10.8 Å². The van der Waals surface area contributed by atoms with Crippen molar-refractivity contribution in [3.63, 3.8) is 0 Å². The van der Waals surface area contributed by atoms with E-state index < -0.39 is 59.8 Å². The normalized spacial score (nSPS) is 37.5. The van der Waals surface area contributed by atoms with Crippen molar-refractivity contribution in [3.05, 3.63) is 32.6 Å². The Labute approximate surface area is 259 Å². The molecule has 6 aliphatic rings. The van der Waals surface area contributed by atoms with Gasteiger partial charge in [0, 0.05) is 28.9 Å². The first kappa shape index (κ1) is 33.6. The van der Waals surface area contributed by atoms with E-state index in [0.717, 1.165) is 40.1 Å². The number of phosphoric ester groups is 1. The monoisotopic (exact) mass is 720 g/mol. The first-order valence-electron chi connectivity index (χ1n) is 13.7. The second kappa shape index (κ2) is 11.7. The number of nitrogens with zero attached hydrogens (tertiary/aromatic N) is 1. The number of phosphoric acid groups is 3. The summed E-state index contributed by atoms with van der Waals surface area (Å²) in [6.45, 7) is 4.88. The van der Waals surface area contributed by atoms with Gasteiger partial charge in [-0.05, 0) is 42.4 Å². The summed E-state index contributed by atoms with van der Waals surface area (Å²) in [5, 5.41) is 0. The van der Waals surface area contributed by atoms with Crippen LogP contribution in [-0.4, -0.2) is 72.1 Å². The molecule has 0 amide bonds. The summed E-state index contributed by atoms with van der Waals surface area (Å²) in [7, 11) is -13.1. The number of nitrogens with one attached hydrogen (secondary N) is 1. The summed E-state index contributed by atoms with van der Waals surface area (Å²) < 4.78 is 66.2. The topological polar surface area (TPSA) is 242 Å². The van der Waals surface area contributed by atoms with Crippen LogP contribution in [0.25, 0.3) is 0 Å². The van der Waals surface area contributed by atoms with Crippen molar-refractivity contribution in [2.45, 2.75) is 56.4 Å². The summed E-state index contributed by atoms with van der Waals surface area (Å²) in [6, 6.07) is 0. The quantitative estimate of drug-likeness (QED) is 0.0533. The third-order valence-electron chi connectivity index (χ3n) is 8.73. The van der Waals surface area contributed by atoms with Crippen LogP contribution in [-0.2, 0) is 41.0 Å². The van der Waals surface area contributed by atoms with Gasteiger partial charge >= 0.3 is 29.2 Å². The van der Waals surface area contributed by atoms with Crippen LogP contribution in [0.1, 0.15) is 32.1 Å². The molecule has 1 aliphatic heterocycles. The molecule has 17 nitrogen and oxygen atoms in total. The van der Waals surface area contributed by atoms with Gasteiger partial charge in [-0.2, -0.15) is 8.62 Å². The molecule has 2 heterocycles. The maximum absolute atomic E-state index is 12.5. The molecule has 5 N–H and O–H groups in total. The van der Waals surface area contributed by atoms with E-state index in [1.165, 1.54) is 23.9 Å². The number of aromatic nitrogens is 2.